The number of anilines is 1. The first-order valence-corrected chi connectivity index (χ1v) is 15.4. The van der Waals surface area contributed by atoms with Crippen molar-refractivity contribution >= 4 is 50.7 Å². The van der Waals surface area contributed by atoms with E-state index in [0.29, 0.717) is 13.0 Å². The molecular formula is C30H35Cl2N3O4S. The molecule has 0 aliphatic rings. The number of rotatable bonds is 13. The number of aryl methyl sites for hydroxylation is 1. The smallest absolute Gasteiger partial charge is 0.264 e. The van der Waals surface area contributed by atoms with Crippen LogP contribution < -0.4 is 9.62 Å². The molecule has 0 aliphatic carbocycles. The quantitative estimate of drug-likeness (QED) is 0.235. The summed E-state index contributed by atoms with van der Waals surface area (Å²) < 4.78 is 28.7. The fourth-order valence-corrected chi connectivity index (χ4v) is 6.11. The molecule has 1 atom stereocenters. The van der Waals surface area contributed by atoms with Gasteiger partial charge in [-0.15, -0.1) is 0 Å². The van der Waals surface area contributed by atoms with Gasteiger partial charge in [0.25, 0.3) is 10.0 Å². The highest BCUT2D eigenvalue weighted by Gasteiger charge is 2.34. The van der Waals surface area contributed by atoms with Gasteiger partial charge < -0.3 is 10.2 Å². The van der Waals surface area contributed by atoms with Crippen LogP contribution in [0.15, 0.2) is 77.7 Å². The van der Waals surface area contributed by atoms with E-state index < -0.39 is 28.5 Å². The minimum absolute atomic E-state index is 0.00623. The van der Waals surface area contributed by atoms with Crippen LogP contribution in [-0.2, 0) is 26.2 Å². The van der Waals surface area contributed by atoms with Crippen LogP contribution >= 0.6 is 23.2 Å². The Morgan fingerprint density at radius 3 is 2.25 bits per heavy atom. The molecule has 1 N–H and O–H groups in total. The van der Waals surface area contributed by atoms with Gasteiger partial charge in [-0.1, -0.05) is 91.5 Å². The zero-order chi connectivity index (χ0) is 29.3. The van der Waals surface area contributed by atoms with E-state index in [-0.39, 0.29) is 33.1 Å². The molecule has 3 aromatic rings. The Morgan fingerprint density at radius 2 is 1.62 bits per heavy atom. The van der Waals surface area contributed by atoms with Gasteiger partial charge in [-0.2, -0.15) is 0 Å². The molecule has 0 fully saturated rings. The van der Waals surface area contributed by atoms with Crippen LogP contribution in [-0.4, -0.2) is 44.3 Å². The summed E-state index contributed by atoms with van der Waals surface area (Å²) in [5.74, 6) is -0.830. The highest BCUT2D eigenvalue weighted by Crippen LogP contribution is 2.33. The molecule has 0 saturated carbocycles. The fraction of sp³-hybridized carbons (Fsp3) is 0.333. The van der Waals surface area contributed by atoms with Crippen LogP contribution in [0, 0.1) is 6.92 Å². The van der Waals surface area contributed by atoms with Gasteiger partial charge in [0.1, 0.15) is 12.6 Å². The molecule has 2 amide bonds. The predicted octanol–water partition coefficient (Wildman–Crippen LogP) is 6.22. The van der Waals surface area contributed by atoms with Crippen LogP contribution in [0.3, 0.4) is 0 Å². The maximum Gasteiger partial charge on any atom is 0.264 e. The van der Waals surface area contributed by atoms with Crippen molar-refractivity contribution in [3.63, 3.8) is 0 Å². The van der Waals surface area contributed by atoms with Gasteiger partial charge in [0.15, 0.2) is 0 Å². The van der Waals surface area contributed by atoms with E-state index in [0.717, 1.165) is 28.3 Å². The van der Waals surface area contributed by atoms with E-state index in [4.69, 9.17) is 23.2 Å². The molecule has 0 radical (unpaired) electrons. The van der Waals surface area contributed by atoms with Crippen molar-refractivity contribution < 1.29 is 18.0 Å². The number of hydrogen-bond acceptors (Lipinski definition) is 4. The molecule has 3 rings (SSSR count). The lowest BCUT2D eigenvalue weighted by atomic mass is 10.1. The average Bonchev–Trinajstić information content (AvgIpc) is 2.94. The first-order chi connectivity index (χ1) is 19.1. The Hall–Kier alpha value is -3.07. The van der Waals surface area contributed by atoms with Crippen LogP contribution in [0.25, 0.3) is 0 Å². The Balaban J connectivity index is 2.06. The second kappa shape index (κ2) is 14.5. The molecule has 40 heavy (non-hydrogen) atoms. The van der Waals surface area contributed by atoms with Crippen LogP contribution in [0.5, 0.6) is 0 Å². The number of halogens is 2. The lowest BCUT2D eigenvalue weighted by Crippen LogP contribution is -2.52. The molecule has 0 aliphatic heterocycles. The normalized spacial score (nSPS) is 12.0. The van der Waals surface area contributed by atoms with Gasteiger partial charge in [0, 0.05) is 18.1 Å². The zero-order valence-corrected chi connectivity index (χ0v) is 25.3. The number of sulfonamides is 1. The number of unbranched alkanes of at least 4 members (excludes halogenated alkanes) is 1. The second-order valence-corrected chi connectivity index (χ2v) is 12.2. The number of carbonyl (C=O) groups excluding carboxylic acids is 2. The van der Waals surface area contributed by atoms with Crippen molar-refractivity contribution in [3.05, 3.63) is 94.0 Å². The third-order valence-corrected chi connectivity index (χ3v) is 8.80. The van der Waals surface area contributed by atoms with Gasteiger partial charge in [-0.25, -0.2) is 8.42 Å². The highest BCUT2D eigenvalue weighted by atomic mass is 35.5. The summed E-state index contributed by atoms with van der Waals surface area (Å²) in [6.07, 6.45) is 2.07. The summed E-state index contributed by atoms with van der Waals surface area (Å²) in [4.78, 5) is 28.7. The van der Waals surface area contributed by atoms with Crippen molar-refractivity contribution in [2.45, 2.75) is 57.5 Å². The number of benzene rings is 3. The van der Waals surface area contributed by atoms with E-state index in [1.807, 2.05) is 45.0 Å². The molecule has 214 valence electrons. The number of hydrogen-bond donors (Lipinski definition) is 1. The van der Waals surface area contributed by atoms with Gasteiger partial charge in [-0.05, 0) is 55.7 Å². The Bertz CT molecular complexity index is 1400. The van der Waals surface area contributed by atoms with E-state index in [9.17, 15) is 18.0 Å². The number of amides is 2. The number of nitrogens with one attached hydrogen (secondary N) is 1. The molecule has 0 aromatic heterocycles. The first-order valence-electron chi connectivity index (χ1n) is 13.2. The summed E-state index contributed by atoms with van der Waals surface area (Å²) in [7, 11) is -4.23. The van der Waals surface area contributed by atoms with Crippen molar-refractivity contribution in [2.24, 2.45) is 0 Å². The Labute approximate surface area is 247 Å². The monoisotopic (exact) mass is 603 g/mol. The third-order valence-electron chi connectivity index (χ3n) is 6.48. The molecule has 0 unspecified atom stereocenters. The topological polar surface area (TPSA) is 86.8 Å². The summed E-state index contributed by atoms with van der Waals surface area (Å²) in [5.41, 5.74) is 1.95. The molecule has 0 saturated heterocycles. The molecule has 0 heterocycles. The van der Waals surface area contributed by atoms with Crippen molar-refractivity contribution in [1.29, 1.82) is 0 Å². The molecule has 7 nitrogen and oxygen atoms in total. The van der Waals surface area contributed by atoms with Gasteiger partial charge in [0.2, 0.25) is 11.8 Å². The fourth-order valence-electron chi connectivity index (χ4n) is 4.23. The first kappa shape index (κ1) is 31.5. The predicted molar refractivity (Wildman–Crippen MR) is 161 cm³/mol. The Morgan fingerprint density at radius 1 is 0.950 bits per heavy atom. The summed E-state index contributed by atoms with van der Waals surface area (Å²) in [5, 5.41) is 3.30. The van der Waals surface area contributed by atoms with E-state index in [1.165, 1.54) is 29.2 Å². The maximum absolute atomic E-state index is 14.1. The van der Waals surface area contributed by atoms with E-state index in [1.54, 1.807) is 24.3 Å². The van der Waals surface area contributed by atoms with Crippen molar-refractivity contribution in [3.8, 4) is 0 Å². The molecule has 0 bridgehead atoms. The molecular weight excluding hydrogens is 569 g/mol. The zero-order valence-electron chi connectivity index (χ0n) is 22.9. The summed E-state index contributed by atoms with van der Waals surface area (Å²) in [6, 6.07) is 19.1. The largest absolute Gasteiger partial charge is 0.354 e. The van der Waals surface area contributed by atoms with Crippen molar-refractivity contribution in [2.75, 3.05) is 17.4 Å². The van der Waals surface area contributed by atoms with Crippen LogP contribution in [0.2, 0.25) is 10.0 Å². The van der Waals surface area contributed by atoms with Gasteiger partial charge in [0.05, 0.1) is 15.6 Å². The SMILES string of the molecule is CCCCNC(=O)[C@H](CC)N(Cc1ccc(C)cc1)C(=O)CN(c1cc(Cl)ccc1Cl)S(=O)(=O)c1ccccc1. The Kier molecular flexibility index (Phi) is 11.4. The molecule has 10 heteroatoms. The minimum Gasteiger partial charge on any atom is -0.354 e. The summed E-state index contributed by atoms with van der Waals surface area (Å²) >= 11 is 12.7. The number of nitrogens with zero attached hydrogens (tertiary/aromatic N) is 2. The average molecular weight is 605 g/mol. The third kappa shape index (κ3) is 7.99. The highest BCUT2D eigenvalue weighted by molar-refractivity contribution is 7.92. The van der Waals surface area contributed by atoms with Gasteiger partial charge in [-0.3, -0.25) is 13.9 Å². The van der Waals surface area contributed by atoms with Gasteiger partial charge >= 0.3 is 0 Å². The lowest BCUT2D eigenvalue weighted by molar-refractivity contribution is -0.140. The second-order valence-electron chi connectivity index (χ2n) is 9.50. The summed E-state index contributed by atoms with van der Waals surface area (Å²) in [6.45, 7) is 5.85. The van der Waals surface area contributed by atoms with E-state index >= 15 is 0 Å². The van der Waals surface area contributed by atoms with E-state index in [2.05, 4.69) is 5.32 Å². The molecule has 3 aromatic carbocycles. The minimum atomic E-state index is -4.23. The lowest BCUT2D eigenvalue weighted by Gasteiger charge is -2.33. The molecule has 0 spiro atoms. The maximum atomic E-state index is 14.1. The van der Waals surface area contributed by atoms with Crippen LogP contribution in [0.1, 0.15) is 44.2 Å². The van der Waals surface area contributed by atoms with Crippen LogP contribution in [0.4, 0.5) is 5.69 Å². The standard InChI is InChI=1S/C30H35Cl2N3O4S/c1-4-6-18-33-30(37)27(5-2)34(20-23-14-12-22(3)13-15-23)29(36)21-35(28-19-24(31)16-17-26(28)32)40(38,39)25-10-8-7-9-11-25/h7-17,19,27H,4-6,18,20-21H2,1-3H3,(H,33,37)/t27-/m0/s1. The number of carbonyl (C=O) groups is 2. The van der Waals surface area contributed by atoms with Crippen molar-refractivity contribution in [1.82, 2.24) is 10.2 Å².